The second kappa shape index (κ2) is 5.93. The Bertz CT molecular complexity index is 446. The highest BCUT2D eigenvalue weighted by Gasteiger charge is 2.40. The van der Waals surface area contributed by atoms with Gasteiger partial charge in [-0.15, -0.1) is 12.4 Å². The average Bonchev–Trinajstić information content (AvgIpc) is 3.01. The van der Waals surface area contributed by atoms with Crippen LogP contribution in [0.5, 0.6) is 0 Å². The molecule has 2 fully saturated rings. The zero-order valence-electron chi connectivity index (χ0n) is 11.0. The Balaban J connectivity index is 0.00000133. The van der Waals surface area contributed by atoms with Crippen molar-refractivity contribution in [1.82, 2.24) is 5.32 Å². The second-order valence-corrected chi connectivity index (χ2v) is 5.66. The maximum atomic E-state index is 12.1. The summed E-state index contributed by atoms with van der Waals surface area (Å²) in [5.41, 5.74) is 7.36. The van der Waals surface area contributed by atoms with Crippen LogP contribution in [0.2, 0.25) is 0 Å². The maximum Gasteiger partial charge on any atom is 0.251 e. The van der Waals surface area contributed by atoms with E-state index < -0.39 is 0 Å². The standard InChI is InChI=1S/C15H20N2O.ClH/c16-9-10-1-4-12(5-2-10)15(18)17-14-8-11-3-6-13(14)7-11;/h1-2,4-5,11,13-14H,3,6-9,16H2,(H,17,18);1H. The van der Waals surface area contributed by atoms with E-state index in [1.807, 2.05) is 24.3 Å². The zero-order valence-corrected chi connectivity index (χ0v) is 11.8. The summed E-state index contributed by atoms with van der Waals surface area (Å²) in [5, 5.41) is 3.19. The zero-order chi connectivity index (χ0) is 12.5. The number of nitrogens with two attached hydrogens (primary N) is 1. The molecule has 1 amide bonds. The molecule has 4 heteroatoms. The van der Waals surface area contributed by atoms with E-state index in [4.69, 9.17) is 5.73 Å². The predicted octanol–water partition coefficient (Wildman–Crippen LogP) is 2.49. The first-order valence-electron chi connectivity index (χ1n) is 6.86. The average molecular weight is 281 g/mol. The molecule has 2 bridgehead atoms. The molecule has 0 radical (unpaired) electrons. The van der Waals surface area contributed by atoms with Gasteiger partial charge < -0.3 is 11.1 Å². The van der Waals surface area contributed by atoms with Gasteiger partial charge in [0, 0.05) is 18.2 Å². The van der Waals surface area contributed by atoms with Gasteiger partial charge in [0.15, 0.2) is 0 Å². The number of amides is 1. The van der Waals surface area contributed by atoms with E-state index in [1.54, 1.807) is 0 Å². The van der Waals surface area contributed by atoms with E-state index in [2.05, 4.69) is 5.32 Å². The minimum Gasteiger partial charge on any atom is -0.349 e. The van der Waals surface area contributed by atoms with E-state index in [0.717, 1.165) is 23.0 Å². The van der Waals surface area contributed by atoms with Gasteiger partial charge in [0.05, 0.1) is 0 Å². The molecule has 2 aliphatic carbocycles. The fourth-order valence-corrected chi connectivity index (χ4v) is 3.47. The van der Waals surface area contributed by atoms with Crippen LogP contribution in [0.25, 0.3) is 0 Å². The fourth-order valence-electron chi connectivity index (χ4n) is 3.47. The SMILES string of the molecule is Cl.NCc1ccc(C(=O)NC2CC3CCC2C3)cc1. The van der Waals surface area contributed by atoms with Crippen LogP contribution in [0, 0.1) is 11.8 Å². The quantitative estimate of drug-likeness (QED) is 0.894. The van der Waals surface area contributed by atoms with Crippen LogP contribution >= 0.6 is 12.4 Å². The number of fused-ring (bicyclic) bond motifs is 2. The highest BCUT2D eigenvalue weighted by molar-refractivity contribution is 5.94. The Labute approximate surface area is 120 Å². The van der Waals surface area contributed by atoms with Gasteiger partial charge in [-0.05, 0) is 48.8 Å². The smallest absolute Gasteiger partial charge is 0.251 e. The van der Waals surface area contributed by atoms with E-state index in [9.17, 15) is 4.79 Å². The fraction of sp³-hybridized carbons (Fsp3) is 0.533. The van der Waals surface area contributed by atoms with Crippen molar-refractivity contribution in [2.75, 3.05) is 0 Å². The number of hydrogen-bond acceptors (Lipinski definition) is 2. The highest BCUT2D eigenvalue weighted by Crippen LogP contribution is 2.44. The van der Waals surface area contributed by atoms with Crippen LogP contribution in [0.15, 0.2) is 24.3 Å². The van der Waals surface area contributed by atoms with Gasteiger partial charge in [-0.1, -0.05) is 18.6 Å². The molecule has 0 aromatic heterocycles. The molecule has 0 spiro atoms. The first kappa shape index (κ1) is 14.4. The summed E-state index contributed by atoms with van der Waals surface area (Å²) in [7, 11) is 0. The van der Waals surface area contributed by atoms with E-state index in [1.165, 1.54) is 25.7 Å². The molecule has 3 atom stereocenters. The monoisotopic (exact) mass is 280 g/mol. The predicted molar refractivity (Wildman–Crippen MR) is 78.3 cm³/mol. The van der Waals surface area contributed by atoms with Crippen molar-refractivity contribution < 1.29 is 4.79 Å². The Morgan fingerprint density at radius 2 is 1.95 bits per heavy atom. The second-order valence-electron chi connectivity index (χ2n) is 5.66. The van der Waals surface area contributed by atoms with Crippen LogP contribution < -0.4 is 11.1 Å². The van der Waals surface area contributed by atoms with Gasteiger partial charge in [-0.25, -0.2) is 0 Å². The number of carbonyl (C=O) groups is 1. The third-order valence-corrected chi connectivity index (χ3v) is 4.51. The molecule has 2 aliphatic rings. The summed E-state index contributed by atoms with van der Waals surface area (Å²) in [6.45, 7) is 0.522. The summed E-state index contributed by atoms with van der Waals surface area (Å²) in [6.07, 6.45) is 5.15. The Morgan fingerprint density at radius 1 is 1.21 bits per heavy atom. The molecule has 104 valence electrons. The third-order valence-electron chi connectivity index (χ3n) is 4.51. The molecule has 3 N–H and O–H groups in total. The molecule has 1 aromatic carbocycles. The largest absolute Gasteiger partial charge is 0.349 e. The molecule has 0 heterocycles. The molecule has 0 aliphatic heterocycles. The summed E-state index contributed by atoms with van der Waals surface area (Å²) in [4.78, 5) is 12.1. The van der Waals surface area contributed by atoms with Crippen molar-refractivity contribution in [2.24, 2.45) is 17.6 Å². The number of hydrogen-bond donors (Lipinski definition) is 2. The van der Waals surface area contributed by atoms with Gasteiger partial charge in [-0.3, -0.25) is 4.79 Å². The lowest BCUT2D eigenvalue weighted by Crippen LogP contribution is -2.38. The topological polar surface area (TPSA) is 55.1 Å². The molecule has 0 saturated heterocycles. The highest BCUT2D eigenvalue weighted by atomic mass is 35.5. The number of halogens is 1. The molecule has 19 heavy (non-hydrogen) atoms. The lowest BCUT2D eigenvalue weighted by Gasteiger charge is -2.22. The van der Waals surface area contributed by atoms with Crippen molar-refractivity contribution >= 4 is 18.3 Å². The lowest BCUT2D eigenvalue weighted by atomic mass is 9.95. The Hall–Kier alpha value is -1.06. The van der Waals surface area contributed by atoms with Crippen LogP contribution in [0.4, 0.5) is 0 Å². The number of nitrogens with one attached hydrogen (secondary N) is 1. The van der Waals surface area contributed by atoms with Crippen LogP contribution in [-0.2, 0) is 6.54 Å². The van der Waals surface area contributed by atoms with Gasteiger partial charge in [-0.2, -0.15) is 0 Å². The maximum absolute atomic E-state index is 12.1. The first-order chi connectivity index (χ1) is 8.76. The summed E-state index contributed by atoms with van der Waals surface area (Å²) in [5.74, 6) is 1.65. The Kier molecular flexibility index (Phi) is 4.48. The van der Waals surface area contributed by atoms with Crippen LogP contribution in [0.3, 0.4) is 0 Å². The Morgan fingerprint density at radius 3 is 2.47 bits per heavy atom. The van der Waals surface area contributed by atoms with Crippen LogP contribution in [0.1, 0.15) is 41.6 Å². The third kappa shape index (κ3) is 2.93. The van der Waals surface area contributed by atoms with Crippen molar-refractivity contribution in [3.63, 3.8) is 0 Å². The van der Waals surface area contributed by atoms with E-state index in [-0.39, 0.29) is 18.3 Å². The first-order valence-corrected chi connectivity index (χ1v) is 6.86. The number of carbonyl (C=O) groups excluding carboxylic acids is 1. The minimum absolute atomic E-state index is 0. The minimum atomic E-state index is 0. The number of benzene rings is 1. The van der Waals surface area contributed by atoms with E-state index in [0.29, 0.717) is 12.6 Å². The van der Waals surface area contributed by atoms with Crippen molar-refractivity contribution in [3.05, 3.63) is 35.4 Å². The summed E-state index contributed by atoms with van der Waals surface area (Å²) in [6, 6.07) is 7.99. The van der Waals surface area contributed by atoms with E-state index >= 15 is 0 Å². The van der Waals surface area contributed by atoms with Crippen molar-refractivity contribution in [2.45, 2.75) is 38.3 Å². The number of rotatable bonds is 3. The molecular formula is C15H21ClN2O. The molecule has 3 unspecified atom stereocenters. The lowest BCUT2D eigenvalue weighted by molar-refractivity contribution is 0.0923. The normalized spacial score (nSPS) is 27.9. The molecule has 2 saturated carbocycles. The summed E-state index contributed by atoms with van der Waals surface area (Å²) >= 11 is 0. The van der Waals surface area contributed by atoms with Crippen LogP contribution in [-0.4, -0.2) is 11.9 Å². The molecular weight excluding hydrogens is 260 g/mol. The molecule has 1 aromatic rings. The summed E-state index contributed by atoms with van der Waals surface area (Å²) < 4.78 is 0. The molecule has 3 rings (SSSR count). The van der Waals surface area contributed by atoms with Crippen molar-refractivity contribution in [3.8, 4) is 0 Å². The molecule has 3 nitrogen and oxygen atoms in total. The van der Waals surface area contributed by atoms with Gasteiger partial charge >= 0.3 is 0 Å². The van der Waals surface area contributed by atoms with Gasteiger partial charge in [0.1, 0.15) is 0 Å². The van der Waals surface area contributed by atoms with Gasteiger partial charge in [0.25, 0.3) is 5.91 Å². The van der Waals surface area contributed by atoms with Crippen molar-refractivity contribution in [1.29, 1.82) is 0 Å². The van der Waals surface area contributed by atoms with Gasteiger partial charge in [0.2, 0.25) is 0 Å².